The second-order valence-corrected chi connectivity index (χ2v) is 3.59. The van der Waals surface area contributed by atoms with Gasteiger partial charge in [0.2, 0.25) is 5.89 Å². The molecule has 84 valence electrons. The maximum atomic E-state index is 4.89. The van der Waals surface area contributed by atoms with Crippen molar-refractivity contribution >= 4 is 0 Å². The first-order valence-electron chi connectivity index (χ1n) is 5.19. The van der Waals surface area contributed by atoms with Crippen LogP contribution in [0.5, 0.6) is 0 Å². The smallest absolute Gasteiger partial charge is 0.223 e. The molecule has 0 aliphatic carbocycles. The van der Waals surface area contributed by atoms with Crippen LogP contribution < -0.4 is 5.32 Å². The molecule has 2 aromatic heterocycles. The predicted octanol–water partition coefficient (Wildman–Crippen LogP) is 1.62. The van der Waals surface area contributed by atoms with Crippen LogP contribution in [0, 0.1) is 6.92 Å². The molecule has 0 aromatic carbocycles. The summed E-state index contributed by atoms with van der Waals surface area (Å²) in [7, 11) is 0. The molecule has 0 amide bonds. The Morgan fingerprint density at radius 3 is 2.94 bits per heavy atom. The zero-order valence-corrected chi connectivity index (χ0v) is 9.34. The Bertz CT molecular complexity index is 440. The molecule has 1 atom stereocenters. The lowest BCUT2D eigenvalue weighted by Gasteiger charge is -2.10. The first-order chi connectivity index (χ1) is 7.75. The van der Waals surface area contributed by atoms with E-state index in [0.29, 0.717) is 18.3 Å². The Morgan fingerprint density at radius 2 is 2.31 bits per heavy atom. The van der Waals surface area contributed by atoms with Crippen molar-refractivity contribution in [2.75, 3.05) is 0 Å². The molecule has 0 aliphatic rings. The minimum Gasteiger partial charge on any atom is -0.340 e. The Balaban J connectivity index is 1.91. The van der Waals surface area contributed by atoms with Gasteiger partial charge in [-0.15, -0.1) is 0 Å². The second-order valence-electron chi connectivity index (χ2n) is 3.59. The molecule has 2 heterocycles. The van der Waals surface area contributed by atoms with Gasteiger partial charge in [0.15, 0.2) is 5.82 Å². The van der Waals surface area contributed by atoms with Crippen LogP contribution in [-0.4, -0.2) is 15.1 Å². The summed E-state index contributed by atoms with van der Waals surface area (Å²) in [4.78, 5) is 8.39. The fourth-order valence-electron chi connectivity index (χ4n) is 1.39. The van der Waals surface area contributed by atoms with Gasteiger partial charge >= 0.3 is 0 Å². The molecule has 0 radical (unpaired) electrons. The molecular weight excluding hydrogens is 204 g/mol. The molecule has 16 heavy (non-hydrogen) atoms. The van der Waals surface area contributed by atoms with E-state index in [2.05, 4.69) is 27.4 Å². The van der Waals surface area contributed by atoms with Crippen molar-refractivity contribution in [2.24, 2.45) is 0 Å². The van der Waals surface area contributed by atoms with E-state index < -0.39 is 0 Å². The summed E-state index contributed by atoms with van der Waals surface area (Å²) in [6.45, 7) is 4.41. The fraction of sp³-hybridized carbons (Fsp3) is 0.364. The number of hydrogen-bond acceptors (Lipinski definition) is 5. The lowest BCUT2D eigenvalue weighted by atomic mass is 10.2. The van der Waals surface area contributed by atoms with Crippen LogP contribution in [-0.2, 0) is 6.54 Å². The number of nitrogens with zero attached hydrogens (tertiary/aromatic N) is 3. The average Bonchev–Trinajstić information content (AvgIpc) is 2.73. The van der Waals surface area contributed by atoms with Gasteiger partial charge in [-0.1, -0.05) is 11.2 Å². The second kappa shape index (κ2) is 4.85. The molecule has 5 heteroatoms. The molecular formula is C11H14N4O. The summed E-state index contributed by atoms with van der Waals surface area (Å²) in [5, 5.41) is 7.09. The molecule has 0 unspecified atom stereocenters. The normalized spacial score (nSPS) is 12.6. The van der Waals surface area contributed by atoms with Gasteiger partial charge < -0.3 is 9.84 Å². The summed E-state index contributed by atoms with van der Waals surface area (Å²) in [5.41, 5.74) is 1.00. The predicted molar refractivity (Wildman–Crippen MR) is 58.5 cm³/mol. The van der Waals surface area contributed by atoms with Crippen LogP contribution in [0.4, 0.5) is 0 Å². The molecule has 2 aromatic rings. The van der Waals surface area contributed by atoms with Crippen LogP contribution in [0.15, 0.2) is 28.9 Å². The Morgan fingerprint density at radius 1 is 1.44 bits per heavy atom. The number of aryl methyl sites for hydroxylation is 1. The first kappa shape index (κ1) is 10.8. The third kappa shape index (κ3) is 2.64. The largest absolute Gasteiger partial charge is 0.340 e. The van der Waals surface area contributed by atoms with Crippen molar-refractivity contribution < 1.29 is 4.52 Å². The molecule has 0 aliphatic heterocycles. The Labute approximate surface area is 93.9 Å². The minimum atomic E-state index is 0.167. The standard InChI is InChI=1S/C11H14N4O/c1-8(10-5-3-4-6-12-10)13-7-11-14-9(2)16-15-11/h3-6,8,13H,7H2,1-2H3/t8-/m1/s1. The quantitative estimate of drug-likeness (QED) is 0.844. The van der Waals surface area contributed by atoms with Crippen molar-refractivity contribution in [3.63, 3.8) is 0 Å². The monoisotopic (exact) mass is 218 g/mol. The number of pyridine rings is 1. The summed E-state index contributed by atoms with van der Waals surface area (Å²) in [6.07, 6.45) is 1.78. The van der Waals surface area contributed by atoms with Crippen LogP contribution in [0.2, 0.25) is 0 Å². The summed E-state index contributed by atoms with van der Waals surface area (Å²) < 4.78 is 4.89. The van der Waals surface area contributed by atoms with Gasteiger partial charge in [-0.2, -0.15) is 4.98 Å². The molecule has 0 fully saturated rings. The Hall–Kier alpha value is -1.75. The molecule has 0 saturated carbocycles. The highest BCUT2D eigenvalue weighted by Gasteiger charge is 2.07. The molecule has 0 bridgehead atoms. The zero-order chi connectivity index (χ0) is 11.4. The van der Waals surface area contributed by atoms with Gasteiger partial charge in [0, 0.05) is 19.2 Å². The van der Waals surface area contributed by atoms with E-state index in [1.165, 1.54) is 0 Å². The van der Waals surface area contributed by atoms with Crippen molar-refractivity contribution in [3.8, 4) is 0 Å². The van der Waals surface area contributed by atoms with Crippen LogP contribution in [0.3, 0.4) is 0 Å². The summed E-state index contributed by atoms with van der Waals surface area (Å²) >= 11 is 0. The molecule has 1 N–H and O–H groups in total. The third-order valence-corrected chi connectivity index (χ3v) is 2.27. The van der Waals surface area contributed by atoms with E-state index in [4.69, 9.17) is 4.52 Å². The highest BCUT2D eigenvalue weighted by atomic mass is 16.5. The molecule has 5 nitrogen and oxygen atoms in total. The maximum absolute atomic E-state index is 4.89. The highest BCUT2D eigenvalue weighted by Crippen LogP contribution is 2.08. The highest BCUT2D eigenvalue weighted by molar-refractivity contribution is 5.07. The minimum absolute atomic E-state index is 0.167. The van der Waals surface area contributed by atoms with Crippen molar-refractivity contribution in [2.45, 2.75) is 26.4 Å². The number of hydrogen-bond donors (Lipinski definition) is 1. The summed E-state index contributed by atoms with van der Waals surface area (Å²) in [6, 6.07) is 6.02. The zero-order valence-electron chi connectivity index (χ0n) is 9.34. The van der Waals surface area contributed by atoms with Gasteiger partial charge in [0.25, 0.3) is 0 Å². The lowest BCUT2D eigenvalue weighted by molar-refractivity contribution is 0.384. The van der Waals surface area contributed by atoms with Gasteiger partial charge in [-0.25, -0.2) is 0 Å². The van der Waals surface area contributed by atoms with Crippen molar-refractivity contribution in [1.29, 1.82) is 0 Å². The SMILES string of the molecule is Cc1nc(CN[C@H](C)c2ccccn2)no1. The van der Waals surface area contributed by atoms with Crippen LogP contribution in [0.25, 0.3) is 0 Å². The molecule has 2 rings (SSSR count). The molecule has 0 saturated heterocycles. The van der Waals surface area contributed by atoms with Gasteiger partial charge in [-0.3, -0.25) is 4.98 Å². The number of rotatable bonds is 4. The number of aromatic nitrogens is 3. The van der Waals surface area contributed by atoms with E-state index >= 15 is 0 Å². The van der Waals surface area contributed by atoms with Crippen LogP contribution in [0.1, 0.15) is 30.4 Å². The molecule has 0 spiro atoms. The number of nitrogens with one attached hydrogen (secondary N) is 1. The Kier molecular flexibility index (Phi) is 3.26. The fourth-order valence-corrected chi connectivity index (χ4v) is 1.39. The van der Waals surface area contributed by atoms with E-state index in [1.807, 2.05) is 18.2 Å². The van der Waals surface area contributed by atoms with Crippen LogP contribution >= 0.6 is 0 Å². The van der Waals surface area contributed by atoms with E-state index in [0.717, 1.165) is 5.69 Å². The van der Waals surface area contributed by atoms with E-state index in [1.54, 1.807) is 13.1 Å². The van der Waals surface area contributed by atoms with Crippen molar-refractivity contribution in [1.82, 2.24) is 20.4 Å². The van der Waals surface area contributed by atoms with Gasteiger partial charge in [0.1, 0.15) is 0 Å². The van der Waals surface area contributed by atoms with E-state index in [9.17, 15) is 0 Å². The average molecular weight is 218 g/mol. The topological polar surface area (TPSA) is 63.8 Å². The van der Waals surface area contributed by atoms with Gasteiger partial charge in [-0.05, 0) is 19.1 Å². The maximum Gasteiger partial charge on any atom is 0.223 e. The summed E-state index contributed by atoms with van der Waals surface area (Å²) in [5.74, 6) is 1.25. The van der Waals surface area contributed by atoms with Gasteiger partial charge in [0.05, 0.1) is 12.2 Å². The van der Waals surface area contributed by atoms with Crippen molar-refractivity contribution in [3.05, 3.63) is 41.8 Å². The first-order valence-corrected chi connectivity index (χ1v) is 5.19. The third-order valence-electron chi connectivity index (χ3n) is 2.27. The lowest BCUT2D eigenvalue weighted by Crippen LogP contribution is -2.19. The van der Waals surface area contributed by atoms with E-state index in [-0.39, 0.29) is 6.04 Å².